The van der Waals surface area contributed by atoms with E-state index in [0.717, 1.165) is 37.1 Å². The van der Waals surface area contributed by atoms with Crippen LogP contribution in [0.25, 0.3) is 0 Å². The summed E-state index contributed by atoms with van der Waals surface area (Å²) in [5.41, 5.74) is 1.15. The van der Waals surface area contributed by atoms with Crippen molar-refractivity contribution >= 4 is 17.6 Å². The van der Waals surface area contributed by atoms with Crippen LogP contribution in [0.3, 0.4) is 0 Å². The molecule has 1 aliphatic heterocycles. The lowest BCUT2D eigenvalue weighted by Crippen LogP contribution is -2.49. The van der Waals surface area contributed by atoms with Gasteiger partial charge in [0, 0.05) is 13.1 Å². The van der Waals surface area contributed by atoms with Crippen molar-refractivity contribution in [2.45, 2.75) is 25.4 Å². The number of nitrogens with one attached hydrogen (secondary N) is 1. The van der Waals surface area contributed by atoms with E-state index < -0.39 is 0 Å². The number of carbonyl (C=O) groups excluding carboxylic acids is 1. The van der Waals surface area contributed by atoms with E-state index in [2.05, 4.69) is 15.3 Å². The van der Waals surface area contributed by atoms with Gasteiger partial charge in [-0.1, -0.05) is 23.7 Å². The van der Waals surface area contributed by atoms with Crippen molar-refractivity contribution in [3.8, 4) is 11.8 Å². The molecule has 1 N–H and O–H groups in total. The molecule has 1 atom stereocenters. The monoisotopic (exact) mass is 390 g/mol. The maximum Gasteiger partial charge on any atom is 0.317 e. The average molecular weight is 391 g/mol. The molecule has 0 aliphatic carbocycles. The fraction of sp³-hybridized carbons (Fsp3) is 0.421. The van der Waals surface area contributed by atoms with E-state index in [9.17, 15) is 4.79 Å². The summed E-state index contributed by atoms with van der Waals surface area (Å²) in [6.45, 7) is 1.81. The number of carbonyl (C=O) groups is 1. The van der Waals surface area contributed by atoms with Crippen molar-refractivity contribution in [1.82, 2.24) is 20.2 Å². The number of likely N-dealkylation sites (tertiary alicyclic amines) is 1. The van der Waals surface area contributed by atoms with Gasteiger partial charge in [-0.25, -0.2) is 14.8 Å². The second kappa shape index (κ2) is 9.41. The van der Waals surface area contributed by atoms with E-state index in [1.54, 1.807) is 12.0 Å². The first-order valence-corrected chi connectivity index (χ1v) is 9.32. The molecule has 2 heterocycles. The van der Waals surface area contributed by atoms with E-state index in [1.165, 1.54) is 12.4 Å². The summed E-state index contributed by atoms with van der Waals surface area (Å²) in [4.78, 5) is 22.3. The van der Waals surface area contributed by atoms with E-state index in [0.29, 0.717) is 18.1 Å². The van der Waals surface area contributed by atoms with Gasteiger partial charge in [-0.15, -0.1) is 0 Å². The number of halogens is 1. The molecule has 0 saturated carbocycles. The van der Waals surface area contributed by atoms with E-state index in [4.69, 9.17) is 21.1 Å². The Labute approximate surface area is 163 Å². The smallest absolute Gasteiger partial charge is 0.317 e. The second-order valence-corrected chi connectivity index (χ2v) is 6.78. The van der Waals surface area contributed by atoms with Gasteiger partial charge < -0.3 is 19.7 Å². The topological polar surface area (TPSA) is 76.6 Å². The summed E-state index contributed by atoms with van der Waals surface area (Å²) in [6.07, 6.45) is 5.38. The number of hydrogen-bond donors (Lipinski definition) is 1. The van der Waals surface area contributed by atoms with E-state index >= 15 is 0 Å². The van der Waals surface area contributed by atoms with Crippen LogP contribution >= 0.6 is 11.6 Å². The van der Waals surface area contributed by atoms with Gasteiger partial charge in [0.15, 0.2) is 0 Å². The third-order valence-electron chi connectivity index (χ3n) is 4.38. The predicted octanol–water partition coefficient (Wildman–Crippen LogP) is 2.93. The van der Waals surface area contributed by atoms with Crippen molar-refractivity contribution in [3.63, 3.8) is 0 Å². The lowest BCUT2D eigenvalue weighted by molar-refractivity contribution is 0.0940. The summed E-state index contributed by atoms with van der Waals surface area (Å²) in [5, 5.41) is 3.43. The van der Waals surface area contributed by atoms with Gasteiger partial charge >= 0.3 is 12.0 Å². The zero-order valence-electron chi connectivity index (χ0n) is 15.2. The first kappa shape index (κ1) is 19.2. The van der Waals surface area contributed by atoms with Crippen LogP contribution in [0.5, 0.6) is 11.8 Å². The fourth-order valence-electron chi connectivity index (χ4n) is 2.95. The van der Waals surface area contributed by atoms with E-state index in [1.807, 2.05) is 24.3 Å². The Hall–Kier alpha value is -2.54. The standard InChI is InChI=1S/C19H23ClN4O3/c1-26-16-6-4-14(5-7-16)8-9-21-19(25)24-10-2-3-17(13-24)27-18-22-11-15(20)12-23-18/h4-7,11-12,17H,2-3,8-10,13H2,1H3,(H,21,25)/t17-/m0/s1. The SMILES string of the molecule is COc1ccc(CCNC(=O)N2CCC[C@H](Oc3ncc(Cl)cn3)C2)cc1. The molecular weight excluding hydrogens is 368 g/mol. The summed E-state index contributed by atoms with van der Waals surface area (Å²) in [7, 11) is 1.64. The summed E-state index contributed by atoms with van der Waals surface area (Å²) >= 11 is 5.78. The second-order valence-electron chi connectivity index (χ2n) is 6.34. The molecule has 2 amide bonds. The van der Waals surface area contributed by atoms with Crippen LogP contribution in [0.2, 0.25) is 5.02 Å². The van der Waals surface area contributed by atoms with Gasteiger partial charge in [0.2, 0.25) is 0 Å². The zero-order chi connectivity index (χ0) is 19.1. The van der Waals surface area contributed by atoms with Crippen molar-refractivity contribution < 1.29 is 14.3 Å². The fourth-order valence-corrected chi connectivity index (χ4v) is 3.04. The number of methoxy groups -OCH3 is 1. The average Bonchev–Trinajstić information content (AvgIpc) is 2.70. The lowest BCUT2D eigenvalue weighted by Gasteiger charge is -2.32. The number of ether oxygens (including phenoxy) is 2. The van der Waals surface area contributed by atoms with Crippen LogP contribution in [0.4, 0.5) is 4.79 Å². The molecule has 144 valence electrons. The van der Waals surface area contributed by atoms with Gasteiger partial charge in [0.05, 0.1) is 31.1 Å². The number of amides is 2. The highest BCUT2D eigenvalue weighted by Crippen LogP contribution is 2.16. The van der Waals surface area contributed by atoms with Crippen molar-refractivity contribution in [1.29, 1.82) is 0 Å². The van der Waals surface area contributed by atoms with Crippen molar-refractivity contribution in [3.05, 3.63) is 47.2 Å². The molecule has 2 aromatic rings. The molecule has 1 aromatic heterocycles. The maximum absolute atomic E-state index is 12.4. The van der Waals surface area contributed by atoms with Crippen molar-refractivity contribution in [2.75, 3.05) is 26.7 Å². The van der Waals surface area contributed by atoms with Gasteiger partial charge in [0.1, 0.15) is 11.9 Å². The third-order valence-corrected chi connectivity index (χ3v) is 4.58. The van der Waals surface area contributed by atoms with Gasteiger partial charge in [-0.05, 0) is 37.0 Å². The number of aromatic nitrogens is 2. The first-order valence-electron chi connectivity index (χ1n) is 8.94. The highest BCUT2D eigenvalue weighted by molar-refractivity contribution is 6.30. The highest BCUT2D eigenvalue weighted by atomic mass is 35.5. The number of urea groups is 1. The minimum Gasteiger partial charge on any atom is -0.497 e. The Morgan fingerprint density at radius 1 is 1.30 bits per heavy atom. The molecule has 8 heteroatoms. The lowest BCUT2D eigenvalue weighted by atomic mass is 10.1. The predicted molar refractivity (Wildman–Crippen MR) is 102 cm³/mol. The van der Waals surface area contributed by atoms with Gasteiger partial charge in [-0.2, -0.15) is 0 Å². The molecular formula is C19H23ClN4O3. The Bertz CT molecular complexity index is 740. The van der Waals surface area contributed by atoms with Crippen LogP contribution in [0, 0.1) is 0 Å². The number of hydrogen-bond acceptors (Lipinski definition) is 5. The van der Waals surface area contributed by atoms with E-state index in [-0.39, 0.29) is 18.1 Å². The third kappa shape index (κ3) is 5.72. The normalized spacial score (nSPS) is 16.7. The highest BCUT2D eigenvalue weighted by Gasteiger charge is 2.25. The Morgan fingerprint density at radius 2 is 2.04 bits per heavy atom. The number of nitrogens with zero attached hydrogens (tertiary/aromatic N) is 3. The molecule has 7 nitrogen and oxygen atoms in total. The first-order chi connectivity index (χ1) is 13.1. The summed E-state index contributed by atoms with van der Waals surface area (Å²) < 4.78 is 10.9. The quantitative estimate of drug-likeness (QED) is 0.820. The van der Waals surface area contributed by atoms with Crippen LogP contribution in [-0.4, -0.2) is 53.7 Å². The van der Waals surface area contributed by atoms with Crippen LogP contribution in [-0.2, 0) is 6.42 Å². The molecule has 1 saturated heterocycles. The minimum atomic E-state index is -0.118. The molecule has 1 aromatic carbocycles. The Morgan fingerprint density at radius 3 is 2.74 bits per heavy atom. The maximum atomic E-state index is 12.4. The molecule has 27 heavy (non-hydrogen) atoms. The number of benzene rings is 1. The summed E-state index contributed by atoms with van der Waals surface area (Å²) in [5.74, 6) is 0.826. The summed E-state index contributed by atoms with van der Waals surface area (Å²) in [6, 6.07) is 8.05. The molecule has 1 aliphatic rings. The Balaban J connectivity index is 1.44. The molecule has 0 unspecified atom stereocenters. The molecule has 0 spiro atoms. The molecule has 0 radical (unpaired) electrons. The molecule has 0 bridgehead atoms. The van der Waals surface area contributed by atoms with Crippen LogP contribution < -0.4 is 14.8 Å². The molecule has 3 rings (SSSR count). The van der Waals surface area contributed by atoms with Crippen molar-refractivity contribution in [2.24, 2.45) is 0 Å². The molecule has 1 fully saturated rings. The van der Waals surface area contributed by atoms with Crippen LogP contribution in [0.1, 0.15) is 18.4 Å². The number of piperidine rings is 1. The number of rotatable bonds is 6. The minimum absolute atomic E-state index is 0.0752. The van der Waals surface area contributed by atoms with Gasteiger partial charge in [-0.3, -0.25) is 0 Å². The van der Waals surface area contributed by atoms with Gasteiger partial charge in [0.25, 0.3) is 0 Å². The van der Waals surface area contributed by atoms with Crippen LogP contribution in [0.15, 0.2) is 36.7 Å². The Kier molecular flexibility index (Phi) is 6.70. The zero-order valence-corrected chi connectivity index (χ0v) is 16.0. The largest absolute Gasteiger partial charge is 0.497 e.